The Bertz CT molecular complexity index is 249. The first-order valence-electron chi connectivity index (χ1n) is 5.02. The molecule has 1 aromatic rings. The van der Waals surface area contributed by atoms with E-state index in [1.54, 1.807) is 18.1 Å². The molecule has 0 spiro atoms. The number of nitrogens with one attached hydrogen (secondary N) is 1. The largest absolute Gasteiger partial charge is 0.317 e. The van der Waals surface area contributed by atoms with Crippen molar-refractivity contribution in [1.82, 2.24) is 20.1 Å². The van der Waals surface area contributed by atoms with Crippen molar-refractivity contribution >= 4 is 11.8 Å². The fourth-order valence-electron chi connectivity index (χ4n) is 1.08. The molecule has 1 rings (SSSR count). The first-order valence-corrected chi connectivity index (χ1v) is 6.00. The molecule has 0 aromatic carbocycles. The van der Waals surface area contributed by atoms with Crippen molar-refractivity contribution in [2.75, 3.05) is 18.8 Å². The summed E-state index contributed by atoms with van der Waals surface area (Å²) < 4.78 is 1.81. The molecular formula is C9H18N4S. The third kappa shape index (κ3) is 4.11. The van der Waals surface area contributed by atoms with Gasteiger partial charge in [0.2, 0.25) is 0 Å². The second kappa shape index (κ2) is 6.84. The minimum Gasteiger partial charge on any atom is -0.317 e. The number of rotatable bonds is 7. The average molecular weight is 214 g/mol. The van der Waals surface area contributed by atoms with Crippen molar-refractivity contribution in [3.63, 3.8) is 0 Å². The van der Waals surface area contributed by atoms with Crippen molar-refractivity contribution in [1.29, 1.82) is 0 Å². The van der Waals surface area contributed by atoms with Gasteiger partial charge in [-0.05, 0) is 25.9 Å². The van der Waals surface area contributed by atoms with Crippen molar-refractivity contribution in [2.45, 2.75) is 24.9 Å². The molecule has 0 amide bonds. The lowest BCUT2D eigenvalue weighted by Crippen LogP contribution is -2.16. The summed E-state index contributed by atoms with van der Waals surface area (Å²) in [7, 11) is 1.92. The van der Waals surface area contributed by atoms with Gasteiger partial charge in [-0.25, -0.2) is 9.67 Å². The van der Waals surface area contributed by atoms with Crippen LogP contribution >= 0.6 is 11.8 Å². The third-order valence-corrected chi connectivity index (χ3v) is 2.95. The van der Waals surface area contributed by atoms with Gasteiger partial charge in [-0.1, -0.05) is 18.7 Å². The minimum absolute atomic E-state index is 1.00. The highest BCUT2D eigenvalue weighted by atomic mass is 32.2. The Morgan fingerprint density at radius 1 is 1.50 bits per heavy atom. The standard InChI is InChI=1S/C9H18N4S/c1-3-5-10-6-4-7-14-9-11-8-12-13(9)2/h8,10H,3-7H2,1-2H3. The summed E-state index contributed by atoms with van der Waals surface area (Å²) >= 11 is 1.76. The van der Waals surface area contributed by atoms with E-state index in [9.17, 15) is 0 Å². The van der Waals surface area contributed by atoms with E-state index < -0.39 is 0 Å². The normalized spacial score (nSPS) is 10.7. The summed E-state index contributed by atoms with van der Waals surface area (Å²) in [5, 5.41) is 8.39. The molecule has 5 heteroatoms. The van der Waals surface area contributed by atoms with Gasteiger partial charge in [0, 0.05) is 12.8 Å². The second-order valence-corrected chi connectivity index (χ2v) is 4.18. The molecule has 1 aromatic heterocycles. The number of aryl methyl sites for hydroxylation is 1. The molecule has 14 heavy (non-hydrogen) atoms. The van der Waals surface area contributed by atoms with Crippen LogP contribution in [0.2, 0.25) is 0 Å². The number of thioether (sulfide) groups is 1. The van der Waals surface area contributed by atoms with Gasteiger partial charge in [0.05, 0.1) is 0 Å². The van der Waals surface area contributed by atoms with Crippen LogP contribution in [-0.2, 0) is 7.05 Å². The summed E-state index contributed by atoms with van der Waals surface area (Å²) in [5.41, 5.74) is 0. The Labute approximate surface area is 89.5 Å². The summed E-state index contributed by atoms with van der Waals surface area (Å²) in [5.74, 6) is 1.10. The second-order valence-electron chi connectivity index (χ2n) is 3.12. The first kappa shape index (κ1) is 11.5. The highest BCUT2D eigenvalue weighted by Crippen LogP contribution is 2.13. The van der Waals surface area contributed by atoms with Crippen molar-refractivity contribution < 1.29 is 0 Å². The number of aromatic nitrogens is 3. The summed E-state index contributed by atoms with van der Waals surface area (Å²) in [6, 6.07) is 0. The van der Waals surface area contributed by atoms with E-state index in [1.165, 1.54) is 12.8 Å². The zero-order valence-corrected chi connectivity index (χ0v) is 9.68. The lowest BCUT2D eigenvalue weighted by Gasteiger charge is -2.02. The quantitative estimate of drug-likeness (QED) is 0.549. The molecule has 0 aliphatic heterocycles. The van der Waals surface area contributed by atoms with Gasteiger partial charge in [-0.3, -0.25) is 0 Å². The topological polar surface area (TPSA) is 42.7 Å². The summed E-state index contributed by atoms with van der Waals surface area (Å²) in [6.45, 7) is 4.40. The van der Waals surface area contributed by atoms with Crippen molar-refractivity contribution in [3.05, 3.63) is 6.33 Å². The highest BCUT2D eigenvalue weighted by Gasteiger charge is 1.99. The Balaban J connectivity index is 2.02. The lowest BCUT2D eigenvalue weighted by molar-refractivity contribution is 0.661. The highest BCUT2D eigenvalue weighted by molar-refractivity contribution is 7.99. The van der Waals surface area contributed by atoms with Crippen LogP contribution in [-0.4, -0.2) is 33.6 Å². The van der Waals surface area contributed by atoms with Crippen LogP contribution in [0.25, 0.3) is 0 Å². The molecule has 1 N–H and O–H groups in total. The van der Waals surface area contributed by atoms with Crippen molar-refractivity contribution in [3.8, 4) is 0 Å². The maximum atomic E-state index is 4.14. The Hall–Kier alpha value is -0.550. The van der Waals surface area contributed by atoms with Gasteiger partial charge in [0.25, 0.3) is 0 Å². The number of nitrogens with zero attached hydrogens (tertiary/aromatic N) is 3. The van der Waals surface area contributed by atoms with E-state index in [1.807, 2.05) is 11.7 Å². The first-order chi connectivity index (χ1) is 6.84. The van der Waals surface area contributed by atoms with Gasteiger partial charge in [-0.2, -0.15) is 5.10 Å². The van der Waals surface area contributed by atoms with E-state index in [2.05, 4.69) is 22.3 Å². The van der Waals surface area contributed by atoms with Gasteiger partial charge in [-0.15, -0.1) is 0 Å². The Kier molecular flexibility index (Phi) is 5.63. The Morgan fingerprint density at radius 2 is 2.36 bits per heavy atom. The molecule has 0 fully saturated rings. The zero-order chi connectivity index (χ0) is 10.2. The molecule has 0 unspecified atom stereocenters. The van der Waals surface area contributed by atoms with E-state index in [-0.39, 0.29) is 0 Å². The molecule has 0 aliphatic rings. The maximum absolute atomic E-state index is 4.14. The molecule has 0 bridgehead atoms. The molecule has 0 atom stereocenters. The van der Waals surface area contributed by atoms with E-state index in [0.717, 1.165) is 24.0 Å². The van der Waals surface area contributed by atoms with Gasteiger partial charge < -0.3 is 5.32 Å². The maximum Gasteiger partial charge on any atom is 0.185 e. The van der Waals surface area contributed by atoms with Crippen LogP contribution in [0.3, 0.4) is 0 Å². The average Bonchev–Trinajstić information content (AvgIpc) is 2.58. The van der Waals surface area contributed by atoms with E-state index in [0.29, 0.717) is 0 Å². The number of hydrogen-bond donors (Lipinski definition) is 1. The lowest BCUT2D eigenvalue weighted by atomic mass is 10.4. The van der Waals surface area contributed by atoms with E-state index >= 15 is 0 Å². The third-order valence-electron chi connectivity index (χ3n) is 1.83. The molecule has 4 nitrogen and oxygen atoms in total. The van der Waals surface area contributed by atoms with Crippen LogP contribution in [0.15, 0.2) is 11.5 Å². The van der Waals surface area contributed by atoms with E-state index in [4.69, 9.17) is 0 Å². The molecule has 0 aliphatic carbocycles. The summed E-state index contributed by atoms with van der Waals surface area (Å²) in [4.78, 5) is 4.14. The molecule has 1 heterocycles. The predicted octanol–water partition coefficient (Wildman–Crippen LogP) is 1.30. The molecule has 0 saturated heterocycles. The SMILES string of the molecule is CCCNCCCSc1ncnn1C. The van der Waals surface area contributed by atoms with Gasteiger partial charge in [0.1, 0.15) is 6.33 Å². The predicted molar refractivity (Wildman–Crippen MR) is 59.5 cm³/mol. The van der Waals surface area contributed by atoms with Gasteiger partial charge in [0.15, 0.2) is 5.16 Å². The summed E-state index contributed by atoms with van der Waals surface area (Å²) in [6.07, 6.45) is 3.98. The fraction of sp³-hybridized carbons (Fsp3) is 0.778. The molecule has 80 valence electrons. The van der Waals surface area contributed by atoms with Crippen LogP contribution < -0.4 is 5.32 Å². The Morgan fingerprint density at radius 3 is 3.00 bits per heavy atom. The fourth-order valence-corrected chi connectivity index (χ4v) is 1.91. The minimum atomic E-state index is 1.00. The van der Waals surface area contributed by atoms with Crippen LogP contribution in [0.1, 0.15) is 19.8 Å². The van der Waals surface area contributed by atoms with Crippen LogP contribution in [0, 0.1) is 0 Å². The number of hydrogen-bond acceptors (Lipinski definition) is 4. The molecule has 0 saturated carbocycles. The zero-order valence-electron chi connectivity index (χ0n) is 8.86. The monoisotopic (exact) mass is 214 g/mol. The smallest absolute Gasteiger partial charge is 0.185 e. The van der Waals surface area contributed by atoms with Crippen molar-refractivity contribution in [2.24, 2.45) is 7.05 Å². The molecule has 0 radical (unpaired) electrons. The van der Waals surface area contributed by atoms with Crippen LogP contribution in [0.4, 0.5) is 0 Å². The van der Waals surface area contributed by atoms with Crippen LogP contribution in [0.5, 0.6) is 0 Å². The molecular weight excluding hydrogens is 196 g/mol. The van der Waals surface area contributed by atoms with Gasteiger partial charge >= 0.3 is 0 Å².